The number of hydrogen-bond donors (Lipinski definition) is 2. The van der Waals surface area contributed by atoms with Crippen molar-refractivity contribution in [3.8, 4) is 17.2 Å². The maximum atomic E-state index is 15.5. The zero-order chi connectivity index (χ0) is 38.2. The van der Waals surface area contributed by atoms with Crippen molar-refractivity contribution in [1.29, 1.82) is 0 Å². The number of carbonyl (C=O) groups is 4. The molecule has 10 nitrogen and oxygen atoms in total. The van der Waals surface area contributed by atoms with E-state index in [0.717, 1.165) is 10.6 Å². The van der Waals surface area contributed by atoms with Gasteiger partial charge >= 0.3 is 0 Å². The van der Waals surface area contributed by atoms with Gasteiger partial charge in [0.25, 0.3) is 11.8 Å². The number of halogens is 4. The Hall–Kier alpha value is -4.36. The highest BCUT2D eigenvalue weighted by Gasteiger charge is 2.70. The van der Waals surface area contributed by atoms with Crippen molar-refractivity contribution < 1.29 is 33.8 Å². The lowest BCUT2D eigenvalue weighted by Gasteiger charge is -2.51. The van der Waals surface area contributed by atoms with Crippen LogP contribution in [0.15, 0.2) is 99.5 Å². The Kier molecular flexibility index (Phi) is 9.31. The summed E-state index contributed by atoms with van der Waals surface area (Å²) in [6.07, 6.45) is 2.28. The number of hydrazine groups is 1. The highest BCUT2D eigenvalue weighted by atomic mass is 79.9. The van der Waals surface area contributed by atoms with Crippen LogP contribution in [0.3, 0.4) is 0 Å². The minimum atomic E-state index is -1.61. The van der Waals surface area contributed by atoms with E-state index in [1.165, 1.54) is 25.2 Å². The van der Waals surface area contributed by atoms with Gasteiger partial charge < -0.3 is 14.6 Å². The highest BCUT2D eigenvalue weighted by Crippen LogP contribution is 2.66. The van der Waals surface area contributed by atoms with Crippen LogP contribution < -0.4 is 19.8 Å². The molecule has 6 atom stereocenters. The van der Waals surface area contributed by atoms with Crippen molar-refractivity contribution >= 4 is 90.1 Å². The molecule has 1 saturated carbocycles. The van der Waals surface area contributed by atoms with Gasteiger partial charge in [0.05, 0.1) is 58.3 Å². The summed E-state index contributed by atoms with van der Waals surface area (Å²) in [6, 6.07) is 22.1. The molecule has 3 fully saturated rings. The molecule has 4 aliphatic rings. The van der Waals surface area contributed by atoms with Crippen molar-refractivity contribution in [1.82, 2.24) is 5.01 Å². The van der Waals surface area contributed by atoms with Gasteiger partial charge in [0.15, 0.2) is 11.5 Å². The van der Waals surface area contributed by atoms with E-state index in [-0.39, 0.29) is 51.3 Å². The van der Waals surface area contributed by atoms with Crippen LogP contribution in [0.2, 0.25) is 10.0 Å². The molecule has 276 valence electrons. The largest absolute Gasteiger partial charge is 0.503 e. The van der Waals surface area contributed by atoms with Crippen molar-refractivity contribution in [2.45, 2.75) is 24.2 Å². The monoisotopic (exact) mass is 893 g/mol. The van der Waals surface area contributed by atoms with Crippen molar-refractivity contribution in [3.05, 3.63) is 121 Å². The Morgan fingerprint density at radius 1 is 0.852 bits per heavy atom. The molecule has 0 radical (unpaired) electrons. The molecule has 0 bridgehead atoms. The van der Waals surface area contributed by atoms with E-state index in [9.17, 15) is 14.7 Å². The minimum absolute atomic E-state index is 0.0856. The van der Waals surface area contributed by atoms with Crippen molar-refractivity contribution in [2.75, 3.05) is 24.5 Å². The number of carbonyl (C=O) groups excluding carboxylic acids is 4. The molecule has 8 rings (SSSR count). The van der Waals surface area contributed by atoms with Crippen molar-refractivity contribution in [2.24, 2.45) is 23.7 Å². The fourth-order valence-electron chi connectivity index (χ4n) is 9.00. The maximum absolute atomic E-state index is 15.5. The van der Waals surface area contributed by atoms with Gasteiger partial charge in [0, 0.05) is 15.4 Å². The number of fused-ring (bicyclic) bond motifs is 4. The lowest BCUT2D eigenvalue weighted by Crippen LogP contribution is -2.53. The van der Waals surface area contributed by atoms with Crippen LogP contribution in [-0.4, -0.2) is 48.0 Å². The fraction of sp³-hybridized carbons (Fsp3) is 0.250. The number of methoxy groups -OCH3 is 2. The first-order valence-corrected chi connectivity index (χ1v) is 19.4. The molecule has 0 aromatic heterocycles. The molecule has 0 unspecified atom stereocenters. The van der Waals surface area contributed by atoms with E-state index in [4.69, 9.17) is 32.7 Å². The second-order valence-electron chi connectivity index (χ2n) is 13.7. The van der Waals surface area contributed by atoms with Crippen LogP contribution in [0, 0.1) is 23.7 Å². The van der Waals surface area contributed by atoms with Crippen LogP contribution in [0.1, 0.15) is 29.9 Å². The topological polar surface area (TPSA) is 125 Å². The molecule has 4 aromatic rings. The molecule has 54 heavy (non-hydrogen) atoms. The Morgan fingerprint density at radius 2 is 1.57 bits per heavy atom. The number of ether oxygens (including phenoxy) is 2. The average Bonchev–Trinajstić information content (AvgIpc) is 3.56. The summed E-state index contributed by atoms with van der Waals surface area (Å²) in [4.78, 5) is 60.4. The van der Waals surface area contributed by atoms with Gasteiger partial charge in [-0.05, 0) is 110 Å². The standard InChI is InChI=1S/C40H31Br2Cl2N3O7/c1-53-22-11-8-19(9-12-22)40-27(37(50)47(39(40)52)45-29-15-10-20(43)16-28(29)44)17-25-23(32(40)26-18-30(54-2)35(48)34(42)33(26)41)13-14-24-31(25)38(51)46(36(24)49)21-6-4-3-5-7-21/h3-13,15-16,18,24-25,27,31-32,45,48H,14,17H2,1-2H3/t24-,25+,27-,31-,32+,40+/m0/s1. The van der Waals surface area contributed by atoms with Crippen LogP contribution in [0.25, 0.3) is 0 Å². The molecule has 2 heterocycles. The second-order valence-corrected chi connectivity index (χ2v) is 16.1. The van der Waals surface area contributed by atoms with Gasteiger partial charge in [-0.1, -0.05) is 65.2 Å². The Bertz CT molecular complexity index is 2290. The Labute approximate surface area is 337 Å². The van der Waals surface area contributed by atoms with Gasteiger partial charge in [-0.25, -0.2) is 0 Å². The summed E-state index contributed by atoms with van der Waals surface area (Å²) in [5.74, 6) is -5.29. The number of allylic oxidation sites excluding steroid dienone is 2. The third-order valence-electron chi connectivity index (χ3n) is 11.3. The Morgan fingerprint density at radius 3 is 2.24 bits per heavy atom. The summed E-state index contributed by atoms with van der Waals surface area (Å²) in [5.41, 5.74) is 3.92. The number of aromatic hydroxyl groups is 1. The number of rotatable bonds is 7. The lowest BCUT2D eigenvalue weighted by atomic mass is 9.49. The van der Waals surface area contributed by atoms with Crippen LogP contribution in [-0.2, 0) is 24.6 Å². The molecule has 2 aliphatic carbocycles. The predicted octanol–water partition coefficient (Wildman–Crippen LogP) is 8.43. The first-order valence-electron chi connectivity index (χ1n) is 17.1. The van der Waals surface area contributed by atoms with Gasteiger partial charge in [0.2, 0.25) is 11.8 Å². The number of imide groups is 2. The van der Waals surface area contributed by atoms with Crippen LogP contribution >= 0.6 is 55.1 Å². The second kappa shape index (κ2) is 13.7. The zero-order valence-electron chi connectivity index (χ0n) is 28.7. The third-order valence-corrected chi connectivity index (χ3v) is 14.0. The van der Waals surface area contributed by atoms with Crippen molar-refractivity contribution in [3.63, 3.8) is 0 Å². The summed E-state index contributed by atoms with van der Waals surface area (Å²) < 4.78 is 11.8. The lowest BCUT2D eigenvalue weighted by molar-refractivity contribution is -0.138. The average molecular weight is 896 g/mol. The number of benzene rings is 4. The number of amides is 4. The molecule has 4 amide bonds. The third kappa shape index (κ3) is 5.31. The first kappa shape index (κ1) is 36.6. The quantitative estimate of drug-likeness (QED) is 0.140. The maximum Gasteiger partial charge on any atom is 0.260 e. The van der Waals surface area contributed by atoms with E-state index in [1.807, 2.05) is 12.1 Å². The number of anilines is 2. The molecule has 2 aliphatic heterocycles. The van der Waals surface area contributed by atoms with E-state index < -0.39 is 46.8 Å². The van der Waals surface area contributed by atoms with Crippen LogP contribution in [0.5, 0.6) is 17.2 Å². The smallest absolute Gasteiger partial charge is 0.260 e. The summed E-state index contributed by atoms with van der Waals surface area (Å²) >= 11 is 20.0. The van der Waals surface area contributed by atoms with E-state index >= 15 is 9.59 Å². The Balaban J connectivity index is 1.38. The number of para-hydroxylation sites is 1. The predicted molar refractivity (Wildman–Crippen MR) is 210 cm³/mol. The van der Waals surface area contributed by atoms with Gasteiger partial charge in [-0.15, -0.1) is 0 Å². The minimum Gasteiger partial charge on any atom is -0.503 e. The van der Waals surface area contributed by atoms with Gasteiger partial charge in [0.1, 0.15) is 5.75 Å². The molecule has 2 saturated heterocycles. The SMILES string of the molecule is COc1ccc([C@@]23C(=O)N(Nc4ccc(Cl)cc4Cl)C(=O)[C@@H]2C[C@@H]2C(=CC[C@@H]4C(=O)N(c5ccccc5)C(=O)[C@@H]42)[C@@H]3c2cc(OC)c(O)c(Br)c2Br)cc1. The first-order chi connectivity index (χ1) is 25.9. The van der Waals surface area contributed by atoms with Crippen LogP contribution in [0.4, 0.5) is 11.4 Å². The molecule has 0 spiro atoms. The van der Waals surface area contributed by atoms with E-state index in [2.05, 4.69) is 37.3 Å². The van der Waals surface area contributed by atoms with Gasteiger partial charge in [-0.2, -0.15) is 5.01 Å². The molecule has 2 N–H and O–H groups in total. The highest BCUT2D eigenvalue weighted by molar-refractivity contribution is 9.13. The van der Waals surface area contributed by atoms with E-state index in [1.54, 1.807) is 66.7 Å². The zero-order valence-corrected chi connectivity index (χ0v) is 33.4. The number of nitrogens with one attached hydrogen (secondary N) is 1. The number of hydrogen-bond acceptors (Lipinski definition) is 8. The number of phenolic OH excluding ortho intramolecular Hbond substituents is 1. The molecule has 14 heteroatoms. The number of phenols is 1. The van der Waals surface area contributed by atoms with E-state index in [0.29, 0.717) is 32.1 Å². The summed E-state index contributed by atoms with van der Waals surface area (Å²) in [7, 11) is 2.96. The van der Waals surface area contributed by atoms with Gasteiger partial charge in [-0.3, -0.25) is 29.5 Å². The fourth-order valence-corrected chi connectivity index (χ4v) is 10.4. The molecular weight excluding hydrogens is 865 g/mol. The molecule has 4 aromatic carbocycles. The summed E-state index contributed by atoms with van der Waals surface area (Å²) in [6.45, 7) is 0. The normalized spacial score (nSPS) is 26.0. The number of nitrogens with zero attached hydrogens (tertiary/aromatic N) is 2. The molecular formula is C40H31Br2Cl2N3O7. The summed E-state index contributed by atoms with van der Waals surface area (Å²) in [5, 5.41) is 12.6.